The summed E-state index contributed by atoms with van der Waals surface area (Å²) in [5, 5.41) is 4.43. The molecule has 9 heteroatoms. The number of benzene rings is 2. The molecule has 0 unspecified atom stereocenters. The highest BCUT2D eigenvalue weighted by atomic mass is 16.5. The predicted octanol–water partition coefficient (Wildman–Crippen LogP) is 3.19. The van der Waals surface area contributed by atoms with Crippen LogP contribution in [0.2, 0.25) is 0 Å². The fourth-order valence-corrected chi connectivity index (χ4v) is 3.74. The molecule has 0 bridgehead atoms. The molecule has 0 saturated carbocycles. The highest BCUT2D eigenvalue weighted by Gasteiger charge is 2.25. The summed E-state index contributed by atoms with van der Waals surface area (Å²) in [4.78, 5) is 25.7. The van der Waals surface area contributed by atoms with Crippen molar-refractivity contribution in [1.29, 1.82) is 0 Å². The van der Waals surface area contributed by atoms with Crippen molar-refractivity contribution in [2.24, 2.45) is 0 Å². The Labute approximate surface area is 196 Å². The average Bonchev–Trinajstić information content (AvgIpc) is 3.22. The van der Waals surface area contributed by atoms with Crippen LogP contribution in [0.1, 0.15) is 15.9 Å². The first-order chi connectivity index (χ1) is 16.5. The molecule has 0 aromatic heterocycles. The highest BCUT2D eigenvalue weighted by Crippen LogP contribution is 2.28. The third-order valence-electron chi connectivity index (χ3n) is 5.55. The lowest BCUT2D eigenvalue weighted by Crippen LogP contribution is -2.16. The van der Waals surface area contributed by atoms with Crippen molar-refractivity contribution in [3.63, 3.8) is 0 Å². The van der Waals surface area contributed by atoms with Gasteiger partial charge in [-0.2, -0.15) is 9.78 Å². The summed E-state index contributed by atoms with van der Waals surface area (Å²) in [7, 11) is 6.04. The summed E-state index contributed by atoms with van der Waals surface area (Å²) >= 11 is 0. The SMILES string of the molecule is COC(=O)c1cn(CCc2ccc(OC)c(OC)c2)cc2c(=O)n(-c3ccc(OC)cc3)nc1-2. The number of rotatable bonds is 8. The van der Waals surface area contributed by atoms with Crippen LogP contribution in [-0.4, -0.2) is 48.8 Å². The van der Waals surface area contributed by atoms with E-state index in [2.05, 4.69) is 5.10 Å². The first-order valence-electron chi connectivity index (χ1n) is 10.6. The maximum atomic E-state index is 13.2. The predicted molar refractivity (Wildman–Crippen MR) is 126 cm³/mol. The molecule has 4 rings (SSSR count). The molecule has 0 fully saturated rings. The highest BCUT2D eigenvalue weighted by molar-refractivity contribution is 5.96. The Kier molecular flexibility index (Phi) is 6.53. The van der Waals surface area contributed by atoms with Crippen LogP contribution < -0.4 is 19.8 Å². The first-order valence-corrected chi connectivity index (χ1v) is 10.6. The Morgan fingerprint density at radius 1 is 0.912 bits per heavy atom. The van der Waals surface area contributed by atoms with Crippen LogP contribution in [-0.2, 0) is 17.7 Å². The third kappa shape index (κ3) is 4.32. The van der Waals surface area contributed by atoms with E-state index in [0.29, 0.717) is 41.5 Å². The van der Waals surface area contributed by atoms with E-state index >= 15 is 0 Å². The maximum absolute atomic E-state index is 13.2. The zero-order chi connectivity index (χ0) is 24.2. The number of pyridine rings is 1. The normalized spacial score (nSPS) is 10.8. The van der Waals surface area contributed by atoms with Gasteiger partial charge in [0, 0.05) is 18.9 Å². The molecule has 0 atom stereocenters. The van der Waals surface area contributed by atoms with E-state index in [-0.39, 0.29) is 16.8 Å². The molecule has 2 aromatic carbocycles. The fraction of sp³-hybridized carbons (Fsp3) is 0.240. The Bertz CT molecular complexity index is 1340. The van der Waals surface area contributed by atoms with Crippen LogP contribution in [0.5, 0.6) is 17.2 Å². The molecule has 9 nitrogen and oxygen atoms in total. The van der Waals surface area contributed by atoms with E-state index in [1.54, 1.807) is 62.6 Å². The topological polar surface area (TPSA) is 93.8 Å². The Hall–Kier alpha value is -4.27. The number of ether oxygens (including phenoxy) is 4. The van der Waals surface area contributed by atoms with Gasteiger partial charge in [-0.25, -0.2) is 4.79 Å². The molecule has 2 heterocycles. The minimum Gasteiger partial charge on any atom is -0.497 e. The van der Waals surface area contributed by atoms with Gasteiger partial charge in [0.15, 0.2) is 11.5 Å². The number of hydrogen-bond donors (Lipinski definition) is 0. The number of esters is 1. The first kappa shape index (κ1) is 22.9. The number of carbonyl (C=O) groups excluding carboxylic acids is 1. The van der Waals surface area contributed by atoms with Gasteiger partial charge in [-0.05, 0) is 48.4 Å². The van der Waals surface area contributed by atoms with Crippen LogP contribution in [0.4, 0.5) is 0 Å². The third-order valence-corrected chi connectivity index (χ3v) is 5.55. The Balaban J connectivity index is 1.72. The molecule has 2 aliphatic heterocycles. The quantitative estimate of drug-likeness (QED) is 0.371. The van der Waals surface area contributed by atoms with Crippen molar-refractivity contribution in [3.8, 4) is 34.2 Å². The van der Waals surface area contributed by atoms with Crippen molar-refractivity contribution in [1.82, 2.24) is 14.3 Å². The molecule has 2 aromatic rings. The summed E-state index contributed by atoms with van der Waals surface area (Å²) in [6.45, 7) is 0.516. The smallest absolute Gasteiger partial charge is 0.341 e. The largest absolute Gasteiger partial charge is 0.497 e. The second-order valence-electron chi connectivity index (χ2n) is 7.52. The number of aryl methyl sites for hydroxylation is 2. The maximum Gasteiger partial charge on any atom is 0.341 e. The van der Waals surface area contributed by atoms with Crippen molar-refractivity contribution in [3.05, 3.63) is 76.3 Å². The zero-order valence-electron chi connectivity index (χ0n) is 19.4. The van der Waals surface area contributed by atoms with Gasteiger partial charge < -0.3 is 23.5 Å². The summed E-state index contributed by atoms with van der Waals surface area (Å²) in [5.41, 5.74) is 2.08. The van der Waals surface area contributed by atoms with Crippen LogP contribution >= 0.6 is 0 Å². The van der Waals surface area contributed by atoms with Crippen molar-refractivity contribution >= 4 is 5.97 Å². The summed E-state index contributed by atoms with van der Waals surface area (Å²) in [6.07, 6.45) is 4.00. The van der Waals surface area contributed by atoms with Gasteiger partial charge in [-0.15, -0.1) is 0 Å². The molecular weight excluding hydrogens is 438 g/mol. The zero-order valence-corrected chi connectivity index (χ0v) is 19.4. The van der Waals surface area contributed by atoms with Crippen LogP contribution in [0.25, 0.3) is 16.9 Å². The van der Waals surface area contributed by atoms with E-state index in [4.69, 9.17) is 18.9 Å². The number of carbonyl (C=O) groups is 1. The van der Waals surface area contributed by atoms with Gasteiger partial charge in [0.25, 0.3) is 5.56 Å². The molecule has 0 N–H and O–H groups in total. The van der Waals surface area contributed by atoms with Gasteiger partial charge in [-0.1, -0.05) is 6.07 Å². The Morgan fingerprint density at radius 2 is 1.65 bits per heavy atom. The monoisotopic (exact) mass is 463 g/mol. The minimum atomic E-state index is -0.565. The van der Waals surface area contributed by atoms with E-state index in [1.807, 2.05) is 18.2 Å². The summed E-state index contributed by atoms with van der Waals surface area (Å²) in [5.74, 6) is 1.38. The number of methoxy groups -OCH3 is 4. The molecule has 176 valence electrons. The lowest BCUT2D eigenvalue weighted by molar-refractivity contribution is 0.0600. The molecule has 0 amide bonds. The number of aromatic nitrogens is 3. The summed E-state index contributed by atoms with van der Waals surface area (Å²) < 4.78 is 23.9. The van der Waals surface area contributed by atoms with E-state index in [9.17, 15) is 9.59 Å². The van der Waals surface area contributed by atoms with E-state index in [1.165, 1.54) is 11.8 Å². The molecule has 0 radical (unpaired) electrons. The molecule has 0 spiro atoms. The van der Waals surface area contributed by atoms with E-state index < -0.39 is 5.97 Å². The molecule has 34 heavy (non-hydrogen) atoms. The van der Waals surface area contributed by atoms with Gasteiger partial charge in [-0.3, -0.25) is 4.79 Å². The van der Waals surface area contributed by atoms with Crippen LogP contribution in [0.15, 0.2) is 59.7 Å². The molecule has 0 saturated heterocycles. The number of fused-ring (bicyclic) bond motifs is 1. The van der Waals surface area contributed by atoms with Crippen molar-refractivity contribution < 1.29 is 23.7 Å². The van der Waals surface area contributed by atoms with Crippen molar-refractivity contribution in [2.75, 3.05) is 28.4 Å². The van der Waals surface area contributed by atoms with Gasteiger partial charge in [0.2, 0.25) is 0 Å². The minimum absolute atomic E-state index is 0.219. The number of nitrogens with zero attached hydrogens (tertiary/aromatic N) is 3. The van der Waals surface area contributed by atoms with Crippen molar-refractivity contribution in [2.45, 2.75) is 13.0 Å². The number of hydrogen-bond acceptors (Lipinski definition) is 7. The molecule has 2 aliphatic rings. The lowest BCUT2D eigenvalue weighted by Gasteiger charge is -2.13. The lowest BCUT2D eigenvalue weighted by atomic mass is 10.1. The van der Waals surface area contributed by atoms with Gasteiger partial charge in [0.1, 0.15) is 17.0 Å². The molecular formula is C25H25N3O6. The fourth-order valence-electron chi connectivity index (χ4n) is 3.74. The standard InChI is InChI=1S/C25H25N3O6/c1-31-18-8-6-17(7-9-18)28-24(29)19-14-27(15-20(23(19)26-28)25(30)34-4)12-11-16-5-10-21(32-2)22(13-16)33-3/h5-10,13-15H,11-12H2,1-4H3. The Morgan fingerprint density at radius 3 is 2.29 bits per heavy atom. The van der Waals surface area contributed by atoms with Crippen LogP contribution in [0.3, 0.4) is 0 Å². The summed E-state index contributed by atoms with van der Waals surface area (Å²) in [6, 6.07) is 12.6. The van der Waals surface area contributed by atoms with E-state index in [0.717, 1.165) is 5.56 Å². The van der Waals surface area contributed by atoms with Gasteiger partial charge in [0.05, 0.1) is 39.7 Å². The second-order valence-corrected chi connectivity index (χ2v) is 7.52. The molecule has 0 aliphatic carbocycles. The average molecular weight is 463 g/mol. The van der Waals surface area contributed by atoms with Gasteiger partial charge >= 0.3 is 5.97 Å². The second kappa shape index (κ2) is 9.70. The van der Waals surface area contributed by atoms with Crippen LogP contribution in [0, 0.1) is 0 Å².